The summed E-state index contributed by atoms with van der Waals surface area (Å²) in [6.45, 7) is 1.82. The fourth-order valence-electron chi connectivity index (χ4n) is 5.59. The van der Waals surface area contributed by atoms with Gasteiger partial charge in [0.05, 0.1) is 13.2 Å². The van der Waals surface area contributed by atoms with Crippen LogP contribution in [0.4, 0.5) is 4.79 Å². The Kier molecular flexibility index (Phi) is 13.3. The first-order valence-electron chi connectivity index (χ1n) is 15.8. The molecule has 1 aliphatic heterocycles. The van der Waals surface area contributed by atoms with Crippen LogP contribution in [-0.2, 0) is 52.4 Å². The van der Waals surface area contributed by atoms with Crippen molar-refractivity contribution in [3.63, 3.8) is 0 Å². The van der Waals surface area contributed by atoms with E-state index in [2.05, 4.69) is 15.7 Å². The fourth-order valence-corrected chi connectivity index (χ4v) is 7.51. The highest BCUT2D eigenvalue weighted by atomic mass is 31.2. The van der Waals surface area contributed by atoms with Crippen LogP contribution in [0.2, 0.25) is 0 Å². The van der Waals surface area contributed by atoms with Crippen LogP contribution in [-0.4, -0.2) is 73.4 Å². The maximum absolute atomic E-state index is 14.4. The quantitative estimate of drug-likeness (QED) is 0.159. The highest BCUT2D eigenvalue weighted by Gasteiger charge is 2.42. The van der Waals surface area contributed by atoms with Gasteiger partial charge >= 0.3 is 12.1 Å². The first-order valence-corrected chi connectivity index (χ1v) is 17.5. The number of nitrogens with one attached hydrogen (secondary N) is 3. The summed E-state index contributed by atoms with van der Waals surface area (Å²) in [5.41, 5.74) is 2.39. The Balaban J connectivity index is 1.46. The molecule has 0 aliphatic carbocycles. The normalized spacial score (nSPS) is 17.3. The van der Waals surface area contributed by atoms with Gasteiger partial charge in [-0.25, -0.2) is 14.7 Å². The number of methoxy groups -OCH3 is 1. The predicted octanol–water partition coefficient (Wildman–Crippen LogP) is 4.19. The van der Waals surface area contributed by atoms with Crippen molar-refractivity contribution in [2.45, 2.75) is 63.1 Å². The fraction of sp³-hybridized carbons (Fsp3) is 0.371. The molecule has 3 amide bonds. The topological polar surface area (TPSA) is 152 Å². The first kappa shape index (κ1) is 36.3. The van der Waals surface area contributed by atoms with E-state index < -0.39 is 55.3 Å². The summed E-state index contributed by atoms with van der Waals surface area (Å²) in [4.78, 5) is 54.1. The monoisotopic (exact) mass is 678 g/mol. The molecule has 3 N–H and O–H groups in total. The average Bonchev–Trinajstić information content (AvgIpc) is 3.61. The van der Waals surface area contributed by atoms with Crippen molar-refractivity contribution in [2.24, 2.45) is 0 Å². The highest BCUT2D eigenvalue weighted by Crippen LogP contribution is 2.48. The van der Waals surface area contributed by atoms with Gasteiger partial charge in [0.15, 0.2) is 0 Å². The number of hydrogen-bond donors (Lipinski definition) is 3. The Morgan fingerprint density at radius 1 is 0.833 bits per heavy atom. The molecule has 1 fully saturated rings. The van der Waals surface area contributed by atoms with Crippen molar-refractivity contribution in [1.82, 2.24) is 20.6 Å². The molecule has 1 saturated heterocycles. The number of rotatable bonds is 15. The molecule has 5 atom stereocenters. The van der Waals surface area contributed by atoms with Crippen molar-refractivity contribution < 1.29 is 37.7 Å². The first-order chi connectivity index (χ1) is 23.1. The lowest BCUT2D eigenvalue weighted by Crippen LogP contribution is -2.54. The molecule has 3 aromatic rings. The number of alkyl carbamates (subject to hydrolysis) is 1. The third kappa shape index (κ3) is 10.00. The molecule has 0 aromatic heterocycles. The Labute approximate surface area is 281 Å². The molecule has 48 heavy (non-hydrogen) atoms. The zero-order valence-electron chi connectivity index (χ0n) is 27.4. The van der Waals surface area contributed by atoms with Crippen LogP contribution >= 0.6 is 7.52 Å². The molecule has 12 nitrogen and oxygen atoms in total. The number of nitrogens with zero attached hydrogens (tertiary/aromatic N) is 1. The average molecular weight is 679 g/mol. The summed E-state index contributed by atoms with van der Waals surface area (Å²) in [5, 5.41) is 8.29. The third-order valence-corrected chi connectivity index (χ3v) is 10.5. The van der Waals surface area contributed by atoms with Gasteiger partial charge in [-0.1, -0.05) is 91.0 Å². The van der Waals surface area contributed by atoms with E-state index in [1.807, 2.05) is 91.0 Å². The van der Waals surface area contributed by atoms with Crippen LogP contribution in [0.3, 0.4) is 0 Å². The Bertz CT molecular complexity index is 1560. The van der Waals surface area contributed by atoms with Gasteiger partial charge in [-0.2, -0.15) is 0 Å². The predicted molar refractivity (Wildman–Crippen MR) is 180 cm³/mol. The van der Waals surface area contributed by atoms with E-state index in [9.17, 15) is 23.7 Å². The van der Waals surface area contributed by atoms with Gasteiger partial charge in [-0.3, -0.25) is 14.2 Å². The van der Waals surface area contributed by atoms with E-state index in [1.54, 1.807) is 0 Å². The number of hydrogen-bond acceptors (Lipinski definition) is 8. The van der Waals surface area contributed by atoms with E-state index >= 15 is 0 Å². The van der Waals surface area contributed by atoms with Crippen molar-refractivity contribution in [3.8, 4) is 0 Å². The number of carbonyl (C=O) groups is 4. The summed E-state index contributed by atoms with van der Waals surface area (Å²) in [5.74, 6) is -2.66. The molecule has 4 rings (SSSR count). The largest absolute Gasteiger partial charge is 0.467 e. The van der Waals surface area contributed by atoms with Gasteiger partial charge in [-0.05, 0) is 36.5 Å². The van der Waals surface area contributed by atoms with Crippen molar-refractivity contribution in [2.75, 3.05) is 20.8 Å². The maximum atomic E-state index is 14.4. The maximum Gasteiger partial charge on any atom is 0.408 e. The standard InChI is InChI=1S/C35H43N4O8P/c1-25(33(41)39-21-13-20-30(39)32(40)36-29(34(42)45-2)22-26-14-7-4-8-15-26)38-48(44,46-3)31(23-27-16-9-5-10-17-27)37-35(43)47-24-28-18-11-6-12-19-28/h4-12,14-19,25,29-31H,13,20-24H2,1-3H3,(H,36,40)(H,37,43)(H,38,44)/t25-,29-,30-,31?,48?/m0/s1. The zero-order valence-corrected chi connectivity index (χ0v) is 28.3. The molecule has 13 heteroatoms. The molecule has 2 unspecified atom stereocenters. The van der Waals surface area contributed by atoms with E-state index in [-0.39, 0.29) is 19.4 Å². The molecule has 1 heterocycles. The number of ether oxygens (including phenoxy) is 2. The second kappa shape index (κ2) is 17.6. The van der Waals surface area contributed by atoms with Gasteiger partial charge in [0, 0.05) is 26.5 Å². The number of carbonyl (C=O) groups excluding carboxylic acids is 4. The van der Waals surface area contributed by atoms with E-state index in [0.717, 1.165) is 16.7 Å². The molecule has 0 saturated carbocycles. The molecular weight excluding hydrogens is 635 g/mol. The van der Waals surface area contributed by atoms with Crippen molar-refractivity contribution >= 4 is 31.4 Å². The minimum atomic E-state index is -3.97. The Morgan fingerprint density at radius 3 is 1.96 bits per heavy atom. The lowest BCUT2D eigenvalue weighted by atomic mass is 10.1. The molecular formula is C35H43N4O8P. The van der Waals surface area contributed by atoms with E-state index in [1.165, 1.54) is 26.0 Å². The van der Waals surface area contributed by atoms with E-state index in [4.69, 9.17) is 14.0 Å². The molecule has 0 bridgehead atoms. The summed E-state index contributed by atoms with van der Waals surface area (Å²) in [7, 11) is -1.48. The Hall–Kier alpha value is -4.51. The van der Waals surface area contributed by atoms with Gasteiger partial charge in [0.25, 0.3) is 7.52 Å². The number of esters is 1. The lowest BCUT2D eigenvalue weighted by molar-refractivity contribution is -0.146. The van der Waals surface area contributed by atoms with Crippen molar-refractivity contribution in [3.05, 3.63) is 108 Å². The number of likely N-dealkylation sites (tertiary alicyclic amines) is 1. The molecule has 3 aromatic carbocycles. The van der Waals surface area contributed by atoms with Crippen LogP contribution in [0.15, 0.2) is 91.0 Å². The summed E-state index contributed by atoms with van der Waals surface area (Å²) >= 11 is 0. The molecule has 0 radical (unpaired) electrons. The summed E-state index contributed by atoms with van der Waals surface area (Å²) in [6.07, 6.45) is 0.483. The summed E-state index contributed by atoms with van der Waals surface area (Å²) < 4.78 is 30.2. The van der Waals surface area contributed by atoms with Crippen LogP contribution in [0.1, 0.15) is 36.5 Å². The molecule has 256 valence electrons. The number of amides is 3. The van der Waals surface area contributed by atoms with Crippen LogP contribution in [0, 0.1) is 0 Å². The highest BCUT2D eigenvalue weighted by molar-refractivity contribution is 7.57. The molecule has 1 aliphatic rings. The summed E-state index contributed by atoms with van der Waals surface area (Å²) in [6, 6.07) is 24.6. The van der Waals surface area contributed by atoms with Gasteiger partial charge in [-0.15, -0.1) is 0 Å². The minimum absolute atomic E-state index is 0.00489. The van der Waals surface area contributed by atoms with Crippen LogP contribution in [0.5, 0.6) is 0 Å². The third-order valence-electron chi connectivity index (χ3n) is 8.12. The van der Waals surface area contributed by atoms with Gasteiger partial charge in [0.1, 0.15) is 24.5 Å². The van der Waals surface area contributed by atoms with E-state index in [0.29, 0.717) is 19.4 Å². The SMILES string of the molecule is COC(=O)[C@H](Cc1ccccc1)NC(=O)[C@@H]1CCCN1C(=O)[C@H](C)NP(=O)(OC)C(Cc1ccccc1)NC(=O)OCc1ccccc1. The van der Waals surface area contributed by atoms with Crippen molar-refractivity contribution in [1.29, 1.82) is 0 Å². The Morgan fingerprint density at radius 2 is 1.40 bits per heavy atom. The zero-order chi connectivity index (χ0) is 34.5. The van der Waals surface area contributed by atoms with Crippen LogP contribution < -0.4 is 15.7 Å². The smallest absolute Gasteiger partial charge is 0.408 e. The second-order valence-electron chi connectivity index (χ2n) is 11.5. The van der Waals surface area contributed by atoms with Crippen LogP contribution in [0.25, 0.3) is 0 Å². The number of benzene rings is 3. The lowest BCUT2D eigenvalue weighted by Gasteiger charge is -2.32. The second-order valence-corrected chi connectivity index (χ2v) is 13.9. The minimum Gasteiger partial charge on any atom is -0.467 e. The molecule has 0 spiro atoms. The van der Waals surface area contributed by atoms with Gasteiger partial charge < -0.3 is 29.5 Å². The van der Waals surface area contributed by atoms with Gasteiger partial charge in [0.2, 0.25) is 11.8 Å².